The maximum Gasteiger partial charge on any atom is 0 e. The first-order chi connectivity index (χ1) is 3.15. The van der Waals surface area contributed by atoms with Crippen LogP contribution in [0.5, 0.6) is 0 Å². The first-order valence-corrected chi connectivity index (χ1v) is 2.64. The minimum Gasteiger partial charge on any atom is -0.358 e. The van der Waals surface area contributed by atoms with Crippen molar-refractivity contribution in [3.05, 3.63) is 13.8 Å². The largest absolute Gasteiger partial charge is 0.358 e. The molecular weight excluding hydrogens is 199 g/mol. The third kappa shape index (κ3) is 521. The van der Waals surface area contributed by atoms with Crippen LogP contribution < -0.4 is 5.73 Å². The molecule has 0 spiro atoms. The average Bonchev–Trinajstić information content (AvgIpc) is 1.33. The van der Waals surface area contributed by atoms with Gasteiger partial charge in [-0.15, -0.1) is 0 Å². The minimum atomic E-state index is 0. The van der Waals surface area contributed by atoms with E-state index in [0.29, 0.717) is 6.04 Å². The van der Waals surface area contributed by atoms with Gasteiger partial charge in [0, 0.05) is 32.7 Å². The van der Waals surface area contributed by atoms with Crippen LogP contribution >= 0.6 is 0 Å². The Bertz CT molecular complexity index is 20.5. The molecule has 0 rings (SSSR count). The van der Waals surface area contributed by atoms with Crippen molar-refractivity contribution in [3.63, 3.8) is 0 Å². The van der Waals surface area contributed by atoms with E-state index in [1.165, 1.54) is 0 Å². The zero-order chi connectivity index (χ0) is 6.28. The number of nitrogens with two attached hydrogens (primary N) is 1. The smallest absolute Gasteiger partial charge is 0 e. The molecule has 10 heavy (non-hydrogen) atoms. The van der Waals surface area contributed by atoms with Gasteiger partial charge in [-0.1, -0.05) is 21.3 Å². The Hall–Kier alpha value is 1.06. The molecule has 0 aliphatic rings. The molecule has 0 unspecified atom stereocenters. The topological polar surface area (TPSA) is 26.0 Å². The van der Waals surface area contributed by atoms with Crippen LogP contribution in [0.2, 0.25) is 0 Å². The summed E-state index contributed by atoms with van der Waals surface area (Å²) in [5, 5.41) is 0. The average molecular weight is 222 g/mol. The van der Waals surface area contributed by atoms with Crippen molar-refractivity contribution in [2.24, 2.45) is 5.73 Å². The summed E-state index contributed by atoms with van der Waals surface area (Å²) in [6, 6.07) is 0.333. The molecule has 2 heteroatoms. The molecule has 0 fully saturated rings. The molecule has 65 valence electrons. The molecule has 0 aliphatic carbocycles. The van der Waals surface area contributed by atoms with E-state index >= 15 is 0 Å². The number of hydrogen-bond donors (Lipinski definition) is 1. The quantitative estimate of drug-likeness (QED) is 0.626. The van der Waals surface area contributed by atoms with Crippen molar-refractivity contribution in [3.8, 4) is 0 Å². The molecule has 0 heterocycles. The van der Waals surface area contributed by atoms with Gasteiger partial charge in [0.2, 0.25) is 0 Å². The summed E-state index contributed by atoms with van der Waals surface area (Å²) in [5.74, 6) is 0. The molecule has 0 aromatic rings. The predicted octanol–water partition coefficient (Wildman–Crippen LogP) is 2.67. The van der Waals surface area contributed by atoms with Crippen LogP contribution in [-0.4, -0.2) is 6.04 Å². The van der Waals surface area contributed by atoms with Crippen LogP contribution in [0.25, 0.3) is 0 Å². The molecule has 2 N–H and O–H groups in total. The first-order valence-electron chi connectivity index (χ1n) is 2.64. The summed E-state index contributed by atoms with van der Waals surface area (Å²) in [4.78, 5) is 0. The molecule has 1 radical (unpaired) electrons. The summed E-state index contributed by atoms with van der Waals surface area (Å²) in [6.45, 7) is 7.89. The molecule has 0 amide bonds. The zero-order valence-corrected chi connectivity index (χ0v) is 10.1. The van der Waals surface area contributed by atoms with E-state index in [2.05, 4.69) is 0 Å². The zero-order valence-electron chi connectivity index (χ0n) is 7.31. The van der Waals surface area contributed by atoms with Gasteiger partial charge in [-0.05, 0) is 6.04 Å². The van der Waals surface area contributed by atoms with Crippen molar-refractivity contribution in [1.82, 2.24) is 0 Å². The number of rotatable bonds is 0. The fraction of sp³-hybridized carbons (Fsp3) is 0.750. The van der Waals surface area contributed by atoms with Crippen LogP contribution in [0, 0.1) is 13.8 Å². The van der Waals surface area contributed by atoms with E-state index < -0.39 is 0 Å². The third-order valence-electron chi connectivity index (χ3n) is 0. The fourth-order valence-electron chi connectivity index (χ4n) is 0. The maximum atomic E-state index is 5.11. The van der Waals surface area contributed by atoms with Crippen molar-refractivity contribution in [2.45, 2.75) is 41.2 Å². The Morgan fingerprint density at radius 3 is 1.20 bits per heavy atom. The second-order valence-electron chi connectivity index (χ2n) is 1.82. The molecule has 0 aromatic carbocycles. The van der Waals surface area contributed by atoms with E-state index in [4.69, 9.17) is 5.73 Å². The van der Waals surface area contributed by atoms with Gasteiger partial charge < -0.3 is 19.6 Å². The van der Waals surface area contributed by atoms with E-state index in [0.717, 1.165) is 0 Å². The van der Waals surface area contributed by atoms with E-state index in [1.807, 2.05) is 34.1 Å². The van der Waals surface area contributed by atoms with Crippen molar-refractivity contribution in [1.29, 1.82) is 0 Å². The molecule has 0 saturated heterocycles. The van der Waals surface area contributed by atoms with Gasteiger partial charge in [-0.3, -0.25) is 0 Å². The number of hydrogen-bond acceptors (Lipinski definition) is 1. The summed E-state index contributed by atoms with van der Waals surface area (Å²) >= 11 is 0. The van der Waals surface area contributed by atoms with Crippen molar-refractivity contribution >= 4 is 0 Å². The minimum absolute atomic E-state index is 0. The van der Waals surface area contributed by atoms with Gasteiger partial charge in [-0.25, -0.2) is 0 Å². The van der Waals surface area contributed by atoms with Gasteiger partial charge in [0.25, 0.3) is 0 Å². The van der Waals surface area contributed by atoms with Crippen LogP contribution in [0.3, 0.4) is 0 Å². The molecule has 0 bridgehead atoms. The van der Waals surface area contributed by atoms with Gasteiger partial charge in [-0.2, -0.15) is 13.8 Å². The molecular formula is C8H23NY-2. The Kier molecular flexibility index (Phi) is 98.3. The molecule has 1 nitrogen and oxygen atoms in total. The molecule has 0 aromatic heterocycles. The normalized spacial score (nSPS) is 5.40. The fourth-order valence-corrected chi connectivity index (χ4v) is 0. The van der Waals surface area contributed by atoms with E-state index in [9.17, 15) is 0 Å². The first kappa shape index (κ1) is 30.5. The van der Waals surface area contributed by atoms with Crippen LogP contribution in [0.15, 0.2) is 0 Å². The second-order valence-corrected chi connectivity index (χ2v) is 1.82. The maximum absolute atomic E-state index is 5.11. The van der Waals surface area contributed by atoms with Crippen molar-refractivity contribution < 1.29 is 32.7 Å². The van der Waals surface area contributed by atoms with Crippen LogP contribution in [0.4, 0.5) is 0 Å². The molecule has 0 saturated carbocycles. The van der Waals surface area contributed by atoms with Crippen LogP contribution in [0.1, 0.15) is 35.1 Å². The Morgan fingerprint density at radius 1 is 1.20 bits per heavy atom. The van der Waals surface area contributed by atoms with Gasteiger partial charge in [0.15, 0.2) is 0 Å². The summed E-state index contributed by atoms with van der Waals surface area (Å²) < 4.78 is 0. The Labute approximate surface area is 93.0 Å². The summed E-state index contributed by atoms with van der Waals surface area (Å²) in [6.07, 6.45) is 2.00. The van der Waals surface area contributed by atoms with Gasteiger partial charge >= 0.3 is 0 Å². The summed E-state index contributed by atoms with van der Waals surface area (Å²) in [7, 11) is 0. The van der Waals surface area contributed by atoms with Gasteiger partial charge in [0.1, 0.15) is 0 Å². The molecule has 0 aliphatic heterocycles. The monoisotopic (exact) mass is 222 g/mol. The Morgan fingerprint density at radius 2 is 1.20 bits per heavy atom. The third-order valence-corrected chi connectivity index (χ3v) is 0. The second kappa shape index (κ2) is 32.2. The SMILES string of the molecule is C.CC(C)N.C[CH-]C.[CH3-].[Y]. The van der Waals surface area contributed by atoms with E-state index in [1.54, 1.807) is 0 Å². The van der Waals surface area contributed by atoms with E-state index in [-0.39, 0.29) is 47.6 Å². The molecule has 0 atom stereocenters. The van der Waals surface area contributed by atoms with Gasteiger partial charge in [0.05, 0.1) is 0 Å². The Balaban J connectivity index is -0.0000000131. The predicted molar refractivity (Wildman–Crippen MR) is 48.1 cm³/mol. The van der Waals surface area contributed by atoms with Crippen LogP contribution in [-0.2, 0) is 32.7 Å². The summed E-state index contributed by atoms with van der Waals surface area (Å²) in [5.41, 5.74) is 5.11. The standard InChI is InChI=1S/C3H9N.C3H7.CH4.CH3.Y/c1-3(2)4;1-3-2;;;/h3H,4H2,1-2H3;3H,1-2H3;1H4;1H3;/q;-1;;-1;. The van der Waals surface area contributed by atoms with Crippen molar-refractivity contribution in [2.75, 3.05) is 0 Å².